The number of halogens is 1. The molecule has 0 aromatic carbocycles. The summed E-state index contributed by atoms with van der Waals surface area (Å²) in [7, 11) is 0. The third kappa shape index (κ3) is 2.59. The number of β-amino-alcohol motifs (C(OH)–C–C–N with tert-alkyl or cyclic N) is 1. The lowest BCUT2D eigenvalue weighted by molar-refractivity contribution is -0.128. The Morgan fingerprint density at radius 3 is 3.25 bits per heavy atom. The first kappa shape index (κ1) is 13.6. The van der Waals surface area contributed by atoms with E-state index in [4.69, 9.17) is 11.6 Å². The van der Waals surface area contributed by atoms with E-state index < -0.39 is 6.10 Å². The molecule has 0 spiro atoms. The molecule has 0 radical (unpaired) electrons. The van der Waals surface area contributed by atoms with E-state index in [0.29, 0.717) is 23.9 Å². The van der Waals surface area contributed by atoms with Gasteiger partial charge in [0.2, 0.25) is 5.91 Å². The molecule has 1 saturated heterocycles. The molecule has 5 nitrogen and oxygen atoms in total. The number of fused-ring (bicyclic) bond motifs is 1. The van der Waals surface area contributed by atoms with Crippen molar-refractivity contribution in [2.24, 2.45) is 0 Å². The van der Waals surface area contributed by atoms with Crippen molar-refractivity contribution in [3.05, 3.63) is 28.5 Å². The molecule has 106 valence electrons. The molecule has 2 aromatic rings. The number of rotatable bonds is 2. The third-order valence-electron chi connectivity index (χ3n) is 3.35. The first-order valence-electron chi connectivity index (χ1n) is 6.41. The maximum absolute atomic E-state index is 12.1. The Bertz CT molecular complexity index is 664. The van der Waals surface area contributed by atoms with Crippen LogP contribution in [0.3, 0.4) is 0 Å². The minimum Gasteiger partial charge on any atom is -0.391 e. The molecule has 0 aliphatic carbocycles. The fourth-order valence-electron chi connectivity index (χ4n) is 2.34. The number of hydrogen-bond donors (Lipinski definition) is 1. The topological polar surface area (TPSA) is 57.8 Å². The molecule has 1 aliphatic rings. The van der Waals surface area contributed by atoms with Crippen LogP contribution in [0.15, 0.2) is 17.7 Å². The van der Waals surface area contributed by atoms with Crippen LogP contribution in [0, 0.1) is 0 Å². The molecule has 1 amide bonds. The van der Waals surface area contributed by atoms with Gasteiger partial charge in [0.25, 0.3) is 0 Å². The second-order valence-corrected chi connectivity index (χ2v) is 5.99. The SMILES string of the molecule is O=C(C=Cc1c(Cl)nc2sccn12)N1CCCC(O)C1. The van der Waals surface area contributed by atoms with Crippen molar-refractivity contribution < 1.29 is 9.90 Å². The van der Waals surface area contributed by atoms with E-state index in [1.54, 1.807) is 11.0 Å². The zero-order chi connectivity index (χ0) is 14.1. The average Bonchev–Trinajstić information content (AvgIpc) is 2.97. The van der Waals surface area contributed by atoms with Gasteiger partial charge in [-0.1, -0.05) is 11.6 Å². The van der Waals surface area contributed by atoms with E-state index in [1.807, 2.05) is 16.0 Å². The number of thiazole rings is 1. The fraction of sp³-hybridized carbons (Fsp3) is 0.385. The van der Waals surface area contributed by atoms with Crippen molar-refractivity contribution in [2.75, 3.05) is 13.1 Å². The average molecular weight is 312 g/mol. The van der Waals surface area contributed by atoms with Crippen molar-refractivity contribution in [3.8, 4) is 0 Å². The summed E-state index contributed by atoms with van der Waals surface area (Å²) >= 11 is 7.55. The molecule has 20 heavy (non-hydrogen) atoms. The summed E-state index contributed by atoms with van der Waals surface area (Å²) in [4.78, 5) is 18.7. The van der Waals surface area contributed by atoms with Crippen LogP contribution in [-0.2, 0) is 4.79 Å². The highest BCUT2D eigenvalue weighted by Crippen LogP contribution is 2.22. The van der Waals surface area contributed by atoms with Crippen LogP contribution in [-0.4, -0.2) is 44.5 Å². The second-order valence-electron chi connectivity index (χ2n) is 4.76. The summed E-state index contributed by atoms with van der Waals surface area (Å²) in [6.45, 7) is 1.09. The number of hydrogen-bond acceptors (Lipinski definition) is 4. The van der Waals surface area contributed by atoms with E-state index in [9.17, 15) is 9.90 Å². The summed E-state index contributed by atoms with van der Waals surface area (Å²) in [5.74, 6) is -0.106. The number of likely N-dealkylation sites (tertiary alicyclic amines) is 1. The van der Waals surface area contributed by atoms with Crippen LogP contribution in [0.25, 0.3) is 11.0 Å². The molecule has 1 N–H and O–H groups in total. The number of aromatic nitrogens is 2. The van der Waals surface area contributed by atoms with Gasteiger partial charge in [0.15, 0.2) is 10.1 Å². The van der Waals surface area contributed by atoms with Crippen LogP contribution >= 0.6 is 22.9 Å². The smallest absolute Gasteiger partial charge is 0.246 e. The highest BCUT2D eigenvalue weighted by atomic mass is 35.5. The Hall–Kier alpha value is -1.37. The lowest BCUT2D eigenvalue weighted by atomic mass is 10.1. The molecule has 0 saturated carbocycles. The highest BCUT2D eigenvalue weighted by molar-refractivity contribution is 7.15. The van der Waals surface area contributed by atoms with Gasteiger partial charge >= 0.3 is 0 Å². The number of aliphatic hydroxyl groups excluding tert-OH is 1. The van der Waals surface area contributed by atoms with Crippen LogP contribution in [0.4, 0.5) is 0 Å². The van der Waals surface area contributed by atoms with Gasteiger partial charge in [-0.15, -0.1) is 11.3 Å². The number of piperidine rings is 1. The Morgan fingerprint density at radius 1 is 1.60 bits per heavy atom. The van der Waals surface area contributed by atoms with Gasteiger partial charge in [0, 0.05) is 30.7 Å². The zero-order valence-electron chi connectivity index (χ0n) is 10.7. The summed E-state index contributed by atoms with van der Waals surface area (Å²) in [6, 6.07) is 0. The summed E-state index contributed by atoms with van der Waals surface area (Å²) < 4.78 is 1.85. The predicted molar refractivity (Wildman–Crippen MR) is 78.9 cm³/mol. The van der Waals surface area contributed by atoms with Gasteiger partial charge in [-0.3, -0.25) is 9.20 Å². The van der Waals surface area contributed by atoms with E-state index >= 15 is 0 Å². The fourth-order valence-corrected chi connectivity index (χ4v) is 3.34. The van der Waals surface area contributed by atoms with Crippen LogP contribution in [0.2, 0.25) is 5.15 Å². The Balaban J connectivity index is 1.78. The Labute approximate surface area is 125 Å². The third-order valence-corrected chi connectivity index (χ3v) is 4.38. The molecule has 2 aromatic heterocycles. The van der Waals surface area contributed by atoms with Crippen LogP contribution in [0.5, 0.6) is 0 Å². The number of aliphatic hydroxyl groups is 1. The van der Waals surface area contributed by atoms with Crippen molar-refractivity contribution in [3.63, 3.8) is 0 Å². The summed E-state index contributed by atoms with van der Waals surface area (Å²) in [6.07, 6.45) is 6.22. The number of amides is 1. The van der Waals surface area contributed by atoms with Crippen molar-refractivity contribution in [1.29, 1.82) is 0 Å². The maximum atomic E-state index is 12.1. The Morgan fingerprint density at radius 2 is 2.45 bits per heavy atom. The lowest BCUT2D eigenvalue weighted by Gasteiger charge is -2.29. The highest BCUT2D eigenvalue weighted by Gasteiger charge is 2.20. The molecule has 1 unspecified atom stereocenters. The summed E-state index contributed by atoms with van der Waals surface area (Å²) in [5, 5.41) is 11.9. The van der Waals surface area contributed by atoms with E-state index in [1.165, 1.54) is 17.4 Å². The maximum Gasteiger partial charge on any atom is 0.246 e. The molecular weight excluding hydrogens is 298 g/mol. The monoisotopic (exact) mass is 311 g/mol. The van der Waals surface area contributed by atoms with Crippen molar-refractivity contribution in [2.45, 2.75) is 18.9 Å². The van der Waals surface area contributed by atoms with Crippen LogP contribution < -0.4 is 0 Å². The molecule has 7 heteroatoms. The molecule has 0 bridgehead atoms. The van der Waals surface area contributed by atoms with E-state index in [0.717, 1.165) is 17.8 Å². The number of nitrogens with zero attached hydrogens (tertiary/aromatic N) is 3. The quantitative estimate of drug-likeness (QED) is 0.864. The standard InChI is InChI=1S/C13H14ClN3O2S/c14-12-10(17-6-7-20-13(17)15-12)3-4-11(19)16-5-1-2-9(18)8-16/h3-4,6-7,9,18H,1-2,5,8H2. The van der Waals surface area contributed by atoms with Crippen molar-refractivity contribution in [1.82, 2.24) is 14.3 Å². The molecule has 3 heterocycles. The zero-order valence-corrected chi connectivity index (χ0v) is 12.3. The van der Waals surface area contributed by atoms with E-state index in [2.05, 4.69) is 4.98 Å². The van der Waals surface area contributed by atoms with Gasteiger partial charge in [-0.2, -0.15) is 0 Å². The lowest BCUT2D eigenvalue weighted by Crippen LogP contribution is -2.41. The molecule has 1 fully saturated rings. The Kier molecular flexibility index (Phi) is 3.78. The van der Waals surface area contributed by atoms with Gasteiger partial charge in [0.05, 0.1) is 11.8 Å². The van der Waals surface area contributed by atoms with Gasteiger partial charge in [-0.25, -0.2) is 4.98 Å². The minimum absolute atomic E-state index is 0.106. The normalized spacial score (nSPS) is 20.1. The van der Waals surface area contributed by atoms with Crippen LogP contribution in [0.1, 0.15) is 18.5 Å². The van der Waals surface area contributed by atoms with Gasteiger partial charge in [-0.05, 0) is 18.9 Å². The molecule has 1 atom stereocenters. The first-order valence-corrected chi connectivity index (χ1v) is 7.67. The predicted octanol–water partition coefficient (Wildman–Crippen LogP) is 2.05. The van der Waals surface area contributed by atoms with Crippen molar-refractivity contribution >= 4 is 39.9 Å². The number of imidazole rings is 1. The number of carbonyl (C=O) groups excluding carboxylic acids is 1. The first-order chi connectivity index (χ1) is 9.65. The molecule has 3 rings (SSSR count). The van der Waals surface area contributed by atoms with Gasteiger partial charge < -0.3 is 10.0 Å². The van der Waals surface area contributed by atoms with Gasteiger partial charge in [0.1, 0.15) is 0 Å². The summed E-state index contributed by atoms with van der Waals surface area (Å²) in [5.41, 5.74) is 0.703. The minimum atomic E-state index is -0.414. The van der Waals surface area contributed by atoms with E-state index in [-0.39, 0.29) is 5.91 Å². The second kappa shape index (κ2) is 5.55. The largest absolute Gasteiger partial charge is 0.391 e. The molecular formula is C13H14ClN3O2S. The molecule has 1 aliphatic heterocycles. The number of carbonyl (C=O) groups is 1.